The second-order valence-electron chi connectivity index (χ2n) is 6.00. The fraction of sp³-hybridized carbons (Fsp3) is 0.714. The van der Waals surface area contributed by atoms with Crippen molar-refractivity contribution in [3.8, 4) is 0 Å². The highest BCUT2D eigenvalue weighted by atomic mass is 16.6. The van der Waals surface area contributed by atoms with E-state index >= 15 is 0 Å². The zero-order valence-corrected chi connectivity index (χ0v) is 13.8. The van der Waals surface area contributed by atoms with Gasteiger partial charge in [0.05, 0.1) is 6.61 Å². The molecule has 1 atom stereocenters. The maximum Gasteiger partial charge on any atom is 0.410 e. The molecule has 1 heterocycles. The van der Waals surface area contributed by atoms with Gasteiger partial charge in [0.1, 0.15) is 11.6 Å². The van der Waals surface area contributed by atoms with Crippen LogP contribution in [0, 0.1) is 0 Å². The topological polar surface area (TPSA) is 114 Å². The summed E-state index contributed by atoms with van der Waals surface area (Å²) in [6, 6.07) is -0.757. The molecule has 9 nitrogen and oxygen atoms in total. The number of nitrogens with zero attached hydrogens (tertiary/aromatic N) is 1. The molecule has 3 amide bonds. The minimum absolute atomic E-state index is 0.0508. The summed E-state index contributed by atoms with van der Waals surface area (Å²) in [7, 11) is 0. The van der Waals surface area contributed by atoms with Crippen molar-refractivity contribution in [1.29, 1.82) is 0 Å². The Balaban J connectivity index is 2.56. The van der Waals surface area contributed by atoms with E-state index in [0.717, 1.165) is 0 Å². The van der Waals surface area contributed by atoms with Gasteiger partial charge in [-0.15, -0.1) is 0 Å². The average Bonchev–Trinajstić information content (AvgIpc) is 2.92. The fourth-order valence-electron chi connectivity index (χ4n) is 2.03. The van der Waals surface area contributed by atoms with Crippen molar-refractivity contribution in [2.45, 2.75) is 52.2 Å². The highest BCUT2D eigenvalue weighted by Gasteiger charge is 2.36. The first-order valence-corrected chi connectivity index (χ1v) is 7.42. The molecule has 0 saturated carbocycles. The number of hydrazine groups is 1. The summed E-state index contributed by atoms with van der Waals surface area (Å²) in [4.78, 5) is 47.9. The van der Waals surface area contributed by atoms with Crippen molar-refractivity contribution in [3.63, 3.8) is 0 Å². The van der Waals surface area contributed by atoms with Crippen LogP contribution in [0.25, 0.3) is 0 Å². The predicted molar refractivity (Wildman–Crippen MR) is 78.9 cm³/mol. The van der Waals surface area contributed by atoms with Crippen molar-refractivity contribution in [1.82, 2.24) is 15.8 Å². The van der Waals surface area contributed by atoms with Gasteiger partial charge in [0.25, 0.3) is 5.91 Å². The summed E-state index contributed by atoms with van der Waals surface area (Å²) in [5.74, 6) is -2.77. The van der Waals surface area contributed by atoms with E-state index < -0.39 is 35.5 Å². The van der Waals surface area contributed by atoms with Crippen LogP contribution in [-0.2, 0) is 23.9 Å². The number of esters is 1. The fourth-order valence-corrected chi connectivity index (χ4v) is 2.03. The molecule has 0 aliphatic carbocycles. The van der Waals surface area contributed by atoms with E-state index in [9.17, 15) is 19.2 Å². The van der Waals surface area contributed by atoms with Gasteiger partial charge in [0.15, 0.2) is 0 Å². The molecule has 23 heavy (non-hydrogen) atoms. The van der Waals surface area contributed by atoms with Gasteiger partial charge in [-0.1, -0.05) is 0 Å². The molecule has 1 rings (SSSR count). The summed E-state index contributed by atoms with van der Waals surface area (Å²) >= 11 is 0. The van der Waals surface area contributed by atoms with E-state index in [1.54, 1.807) is 27.7 Å². The third-order valence-corrected chi connectivity index (χ3v) is 2.94. The molecule has 0 bridgehead atoms. The lowest BCUT2D eigenvalue weighted by Gasteiger charge is -2.27. The second kappa shape index (κ2) is 7.80. The molecule has 130 valence electrons. The van der Waals surface area contributed by atoms with E-state index in [0.29, 0.717) is 19.4 Å². The lowest BCUT2D eigenvalue weighted by molar-refractivity contribution is -0.155. The monoisotopic (exact) mass is 329 g/mol. The van der Waals surface area contributed by atoms with Crippen molar-refractivity contribution in [3.05, 3.63) is 0 Å². The number of hydrogen-bond acceptors (Lipinski definition) is 6. The Hall–Kier alpha value is -2.32. The van der Waals surface area contributed by atoms with Gasteiger partial charge >= 0.3 is 18.0 Å². The first-order valence-electron chi connectivity index (χ1n) is 7.42. The summed E-state index contributed by atoms with van der Waals surface area (Å²) < 4.78 is 9.73. The summed E-state index contributed by atoms with van der Waals surface area (Å²) in [5.41, 5.74) is 3.41. The van der Waals surface area contributed by atoms with Gasteiger partial charge in [-0.2, -0.15) is 0 Å². The third-order valence-electron chi connectivity index (χ3n) is 2.94. The van der Waals surface area contributed by atoms with Gasteiger partial charge < -0.3 is 9.47 Å². The predicted octanol–water partition coefficient (Wildman–Crippen LogP) is 0.0964. The van der Waals surface area contributed by atoms with Crippen molar-refractivity contribution in [2.24, 2.45) is 0 Å². The molecule has 1 aliphatic heterocycles. The van der Waals surface area contributed by atoms with Crippen LogP contribution < -0.4 is 10.9 Å². The van der Waals surface area contributed by atoms with Gasteiger partial charge in [-0.3, -0.25) is 25.3 Å². The molecule has 0 unspecified atom stereocenters. The number of likely N-dealkylation sites (tertiary alicyclic amines) is 1. The molecule has 0 radical (unpaired) electrons. The zero-order valence-electron chi connectivity index (χ0n) is 13.8. The Morgan fingerprint density at radius 1 is 1.17 bits per heavy atom. The maximum absolute atomic E-state index is 12.1. The molecule has 0 aromatic heterocycles. The van der Waals surface area contributed by atoms with Crippen molar-refractivity contribution in [2.75, 3.05) is 13.2 Å². The normalized spacial score (nSPS) is 17.4. The summed E-state index contributed by atoms with van der Waals surface area (Å²) in [6.45, 7) is 7.19. The summed E-state index contributed by atoms with van der Waals surface area (Å²) in [5, 5.41) is 0. The number of ether oxygens (including phenoxy) is 2. The van der Waals surface area contributed by atoms with E-state index in [-0.39, 0.29) is 6.61 Å². The number of carbonyl (C=O) groups is 4. The van der Waals surface area contributed by atoms with E-state index in [2.05, 4.69) is 10.2 Å². The highest BCUT2D eigenvalue weighted by molar-refractivity contribution is 6.32. The van der Waals surface area contributed by atoms with Crippen LogP contribution >= 0.6 is 0 Å². The Kier molecular flexibility index (Phi) is 6.35. The smallest absolute Gasteiger partial charge is 0.410 e. The molecule has 0 aromatic carbocycles. The van der Waals surface area contributed by atoms with Crippen LogP contribution in [0.2, 0.25) is 0 Å². The average molecular weight is 329 g/mol. The third kappa shape index (κ3) is 5.76. The van der Waals surface area contributed by atoms with Crippen LogP contribution in [0.3, 0.4) is 0 Å². The van der Waals surface area contributed by atoms with E-state index in [1.165, 1.54) is 4.90 Å². The van der Waals surface area contributed by atoms with Crippen LogP contribution in [0.15, 0.2) is 0 Å². The van der Waals surface area contributed by atoms with Gasteiger partial charge in [-0.05, 0) is 40.5 Å². The van der Waals surface area contributed by atoms with Crippen LogP contribution in [0.4, 0.5) is 4.79 Å². The van der Waals surface area contributed by atoms with E-state index in [4.69, 9.17) is 4.74 Å². The Bertz CT molecular complexity index is 485. The quantitative estimate of drug-likeness (QED) is 0.422. The second-order valence-corrected chi connectivity index (χ2v) is 6.00. The number of rotatable bonds is 2. The number of hydrogen-bond donors (Lipinski definition) is 2. The van der Waals surface area contributed by atoms with Crippen LogP contribution in [-0.4, -0.2) is 53.6 Å². The van der Waals surface area contributed by atoms with Crippen LogP contribution in [0.1, 0.15) is 40.5 Å². The first kappa shape index (κ1) is 18.7. The van der Waals surface area contributed by atoms with Gasteiger partial charge in [0.2, 0.25) is 0 Å². The Labute approximate surface area is 134 Å². The largest absolute Gasteiger partial charge is 0.459 e. The summed E-state index contributed by atoms with van der Waals surface area (Å²) in [6.07, 6.45) is 0.496. The van der Waals surface area contributed by atoms with Gasteiger partial charge in [-0.25, -0.2) is 9.59 Å². The number of amides is 3. The molecule has 1 fully saturated rings. The molecule has 0 spiro atoms. The zero-order chi connectivity index (χ0) is 17.6. The Morgan fingerprint density at radius 3 is 2.39 bits per heavy atom. The Morgan fingerprint density at radius 2 is 1.83 bits per heavy atom. The van der Waals surface area contributed by atoms with E-state index in [1.807, 2.05) is 5.43 Å². The lowest BCUT2D eigenvalue weighted by atomic mass is 10.2. The van der Waals surface area contributed by atoms with Gasteiger partial charge in [0, 0.05) is 6.54 Å². The SMILES string of the molecule is CCOC(=O)C(=O)NNC(=O)[C@@H]1CCCN1C(=O)OC(C)(C)C. The maximum atomic E-state index is 12.1. The molecule has 1 saturated heterocycles. The van der Waals surface area contributed by atoms with Crippen LogP contribution in [0.5, 0.6) is 0 Å². The standard InChI is InChI=1S/C14H23N3O6/c1-5-22-12(20)11(19)16-15-10(18)9-7-6-8-17(9)13(21)23-14(2,3)4/h9H,5-8H2,1-4H3,(H,15,18)(H,16,19)/t9-/m0/s1. The molecule has 2 N–H and O–H groups in total. The highest BCUT2D eigenvalue weighted by Crippen LogP contribution is 2.20. The molecule has 9 heteroatoms. The van der Waals surface area contributed by atoms with Crippen molar-refractivity contribution < 1.29 is 28.7 Å². The molecular formula is C14H23N3O6. The molecule has 1 aliphatic rings. The minimum atomic E-state index is -1.09. The minimum Gasteiger partial charge on any atom is -0.459 e. The molecule has 0 aromatic rings. The lowest BCUT2D eigenvalue weighted by Crippen LogP contribution is -2.53. The molecular weight excluding hydrogens is 306 g/mol. The van der Waals surface area contributed by atoms with Crippen molar-refractivity contribution >= 4 is 23.9 Å². The number of nitrogens with one attached hydrogen (secondary N) is 2. The first-order chi connectivity index (χ1) is 10.7. The number of carbonyl (C=O) groups excluding carboxylic acids is 4.